The van der Waals surface area contributed by atoms with Gasteiger partial charge in [-0.1, -0.05) is 12.2 Å². The first-order chi connectivity index (χ1) is 4.72. The molecule has 1 aliphatic rings. The maximum Gasteiger partial charge on any atom is 0.312 e. The molecule has 0 atom stereocenters. The van der Waals surface area contributed by atoms with E-state index in [1.165, 1.54) is 12.2 Å². The summed E-state index contributed by atoms with van der Waals surface area (Å²) in [5.74, 6) is -0.424. The lowest BCUT2D eigenvalue weighted by molar-refractivity contribution is -0.418. The minimum Gasteiger partial charge on any atom is -0.287 e. The van der Waals surface area contributed by atoms with Gasteiger partial charge in [-0.25, -0.2) is 0 Å². The first-order valence-corrected chi connectivity index (χ1v) is 2.76. The van der Waals surface area contributed by atoms with Gasteiger partial charge < -0.3 is 0 Å². The van der Waals surface area contributed by atoms with Crippen LogP contribution in [0.4, 0.5) is 0 Å². The van der Waals surface area contributed by atoms with Gasteiger partial charge in [-0.2, -0.15) is 0 Å². The average molecular weight is 139 g/mol. The quantitative estimate of drug-likeness (QED) is 0.396. The van der Waals surface area contributed by atoms with Gasteiger partial charge in [-0.3, -0.25) is 14.9 Å². The van der Waals surface area contributed by atoms with Crippen molar-refractivity contribution in [3.8, 4) is 0 Å². The van der Waals surface area contributed by atoms with Gasteiger partial charge in [0.2, 0.25) is 5.78 Å². The van der Waals surface area contributed by atoms with Gasteiger partial charge in [-0.15, -0.1) is 0 Å². The second kappa shape index (κ2) is 2.43. The molecule has 0 heterocycles. The number of nitro groups is 1. The third kappa shape index (κ3) is 1.10. The molecule has 0 radical (unpaired) electrons. The average Bonchev–Trinajstić information content (AvgIpc) is 1.88. The Bertz CT molecular complexity index is 239. The smallest absolute Gasteiger partial charge is 0.287 e. The molecular weight excluding hydrogens is 134 g/mol. The Morgan fingerprint density at radius 2 is 2.30 bits per heavy atom. The topological polar surface area (TPSA) is 60.2 Å². The van der Waals surface area contributed by atoms with Crippen LogP contribution in [0.3, 0.4) is 0 Å². The van der Waals surface area contributed by atoms with Crippen LogP contribution >= 0.6 is 0 Å². The van der Waals surface area contributed by atoms with E-state index in [4.69, 9.17) is 0 Å². The van der Waals surface area contributed by atoms with Gasteiger partial charge in [0.05, 0.1) is 4.92 Å². The Morgan fingerprint density at radius 3 is 2.70 bits per heavy atom. The molecule has 0 bridgehead atoms. The van der Waals surface area contributed by atoms with E-state index < -0.39 is 10.7 Å². The van der Waals surface area contributed by atoms with E-state index in [1.54, 1.807) is 6.08 Å². The molecule has 1 rings (SSSR count). The fraction of sp³-hybridized carbons (Fsp3) is 0.167. The third-order valence-corrected chi connectivity index (χ3v) is 1.18. The van der Waals surface area contributed by atoms with Crippen molar-refractivity contribution in [1.29, 1.82) is 0 Å². The zero-order valence-corrected chi connectivity index (χ0v) is 5.11. The number of rotatable bonds is 1. The predicted octanol–water partition coefficient (Wildman–Crippen LogP) is 0.676. The monoisotopic (exact) mass is 139 g/mol. The number of ketones is 1. The Kier molecular flexibility index (Phi) is 1.62. The lowest BCUT2D eigenvalue weighted by atomic mass is 10.1. The molecule has 0 aromatic heterocycles. The first kappa shape index (κ1) is 6.67. The van der Waals surface area contributed by atoms with Crippen LogP contribution < -0.4 is 0 Å². The minimum absolute atomic E-state index is 0.146. The molecular formula is C6H5NO3. The van der Waals surface area contributed by atoms with Gasteiger partial charge >= 0.3 is 5.70 Å². The van der Waals surface area contributed by atoms with Crippen LogP contribution in [0.15, 0.2) is 23.9 Å². The van der Waals surface area contributed by atoms with Crippen LogP contribution in [0.5, 0.6) is 0 Å². The van der Waals surface area contributed by atoms with Gasteiger partial charge in [0, 0.05) is 12.5 Å². The summed E-state index contributed by atoms with van der Waals surface area (Å²) in [7, 11) is 0. The van der Waals surface area contributed by atoms with E-state index in [0.29, 0.717) is 0 Å². The van der Waals surface area contributed by atoms with E-state index in [0.717, 1.165) is 0 Å². The molecule has 0 aromatic carbocycles. The molecule has 0 N–H and O–H groups in total. The summed E-state index contributed by atoms with van der Waals surface area (Å²) in [6.07, 6.45) is 4.47. The molecule has 1 aliphatic carbocycles. The fourth-order valence-electron chi connectivity index (χ4n) is 0.694. The van der Waals surface area contributed by atoms with Crippen LogP contribution in [0.2, 0.25) is 0 Å². The van der Waals surface area contributed by atoms with Crippen molar-refractivity contribution < 1.29 is 9.72 Å². The van der Waals surface area contributed by atoms with Gasteiger partial charge in [-0.05, 0) is 0 Å². The molecule has 0 saturated carbocycles. The number of nitrogens with zero attached hydrogens (tertiary/aromatic N) is 1. The Balaban J connectivity index is 2.91. The van der Waals surface area contributed by atoms with Crippen molar-refractivity contribution in [3.63, 3.8) is 0 Å². The molecule has 0 unspecified atom stereocenters. The van der Waals surface area contributed by atoms with E-state index >= 15 is 0 Å². The standard InChI is InChI=1S/C6H5NO3/c8-6-4-2-1-3-5(6)7(9)10/h1-3H,4H2. The molecule has 0 saturated heterocycles. The lowest BCUT2D eigenvalue weighted by Crippen LogP contribution is -2.11. The fourth-order valence-corrected chi connectivity index (χ4v) is 0.694. The largest absolute Gasteiger partial charge is 0.312 e. The first-order valence-electron chi connectivity index (χ1n) is 2.76. The summed E-state index contributed by atoms with van der Waals surface area (Å²) in [5, 5.41) is 10.0. The van der Waals surface area contributed by atoms with Crippen molar-refractivity contribution in [2.24, 2.45) is 0 Å². The zero-order chi connectivity index (χ0) is 7.56. The van der Waals surface area contributed by atoms with Crippen LogP contribution in [-0.2, 0) is 4.79 Å². The Hall–Kier alpha value is -1.45. The van der Waals surface area contributed by atoms with Crippen molar-refractivity contribution >= 4 is 5.78 Å². The highest BCUT2D eigenvalue weighted by atomic mass is 16.6. The number of hydrogen-bond donors (Lipinski definition) is 0. The molecule has 0 aliphatic heterocycles. The van der Waals surface area contributed by atoms with Crippen LogP contribution in [0.1, 0.15) is 6.42 Å². The van der Waals surface area contributed by atoms with Crippen LogP contribution in [0, 0.1) is 10.1 Å². The van der Waals surface area contributed by atoms with Crippen LogP contribution in [0.25, 0.3) is 0 Å². The highest BCUT2D eigenvalue weighted by Gasteiger charge is 2.20. The van der Waals surface area contributed by atoms with E-state index in [9.17, 15) is 14.9 Å². The van der Waals surface area contributed by atoms with Crippen molar-refractivity contribution in [3.05, 3.63) is 34.0 Å². The third-order valence-electron chi connectivity index (χ3n) is 1.18. The maximum atomic E-state index is 10.7. The number of hydrogen-bond acceptors (Lipinski definition) is 3. The normalized spacial score (nSPS) is 16.8. The number of carbonyl (C=O) groups is 1. The molecule has 4 heteroatoms. The SMILES string of the molecule is O=C1CC=CC=C1[N+](=O)[O-]. The maximum absolute atomic E-state index is 10.7. The zero-order valence-electron chi connectivity index (χ0n) is 5.11. The molecule has 0 spiro atoms. The number of carbonyl (C=O) groups excluding carboxylic acids is 1. The molecule has 10 heavy (non-hydrogen) atoms. The molecule has 4 nitrogen and oxygen atoms in total. The van der Waals surface area contributed by atoms with Gasteiger partial charge in [0.25, 0.3) is 0 Å². The Labute approximate surface area is 57.0 Å². The van der Waals surface area contributed by atoms with Crippen molar-refractivity contribution in [2.45, 2.75) is 6.42 Å². The van der Waals surface area contributed by atoms with Crippen molar-refractivity contribution in [1.82, 2.24) is 0 Å². The second-order valence-electron chi connectivity index (χ2n) is 1.86. The molecule has 0 amide bonds. The minimum atomic E-state index is -0.661. The Morgan fingerprint density at radius 1 is 1.60 bits per heavy atom. The summed E-state index contributed by atoms with van der Waals surface area (Å²) in [5.41, 5.74) is -0.317. The molecule has 0 aromatic rings. The van der Waals surface area contributed by atoms with Gasteiger partial charge in [0.15, 0.2) is 0 Å². The van der Waals surface area contributed by atoms with Gasteiger partial charge in [0.1, 0.15) is 0 Å². The lowest BCUT2D eigenvalue weighted by Gasteiger charge is -1.96. The summed E-state index contributed by atoms with van der Waals surface area (Å²) < 4.78 is 0. The van der Waals surface area contributed by atoms with E-state index in [2.05, 4.69) is 0 Å². The highest BCUT2D eigenvalue weighted by molar-refractivity contribution is 5.95. The highest BCUT2D eigenvalue weighted by Crippen LogP contribution is 2.07. The second-order valence-corrected chi connectivity index (χ2v) is 1.86. The number of Topliss-reactive ketones (excluding diaryl/α,β-unsaturated/α-hetero) is 1. The van der Waals surface area contributed by atoms with Crippen molar-refractivity contribution in [2.75, 3.05) is 0 Å². The predicted molar refractivity (Wildman–Crippen MR) is 33.8 cm³/mol. The molecule has 52 valence electrons. The van der Waals surface area contributed by atoms with E-state index in [1.807, 2.05) is 0 Å². The van der Waals surface area contributed by atoms with Crippen LogP contribution in [-0.4, -0.2) is 10.7 Å². The molecule has 0 fully saturated rings. The van der Waals surface area contributed by atoms with E-state index in [-0.39, 0.29) is 12.1 Å². The number of allylic oxidation sites excluding steroid dienone is 4. The summed E-state index contributed by atoms with van der Waals surface area (Å²) in [6, 6.07) is 0. The summed E-state index contributed by atoms with van der Waals surface area (Å²) in [6.45, 7) is 0. The summed E-state index contributed by atoms with van der Waals surface area (Å²) >= 11 is 0. The summed E-state index contributed by atoms with van der Waals surface area (Å²) in [4.78, 5) is 20.1.